The highest BCUT2D eigenvalue weighted by Gasteiger charge is 2.49. The van der Waals surface area contributed by atoms with Crippen LogP contribution < -0.4 is 15.4 Å². The molecule has 0 radical (unpaired) electrons. The third-order valence-corrected chi connectivity index (χ3v) is 14.4. The quantitative estimate of drug-likeness (QED) is 0.117. The first kappa shape index (κ1) is 41.8. The van der Waals surface area contributed by atoms with Gasteiger partial charge in [-0.2, -0.15) is 0 Å². The molecule has 4 amide bonds. The topological polar surface area (TPSA) is 193 Å². The van der Waals surface area contributed by atoms with Crippen LogP contribution in [0.3, 0.4) is 0 Å². The highest BCUT2D eigenvalue weighted by atomic mass is 16.5. The summed E-state index contributed by atoms with van der Waals surface area (Å²) in [7, 11) is 2.62. The number of fused-ring (bicyclic) bond motifs is 7. The third kappa shape index (κ3) is 7.48. The second kappa shape index (κ2) is 17.1. The van der Waals surface area contributed by atoms with E-state index in [1.807, 2.05) is 35.9 Å². The summed E-state index contributed by atoms with van der Waals surface area (Å²) >= 11 is 0. The third-order valence-electron chi connectivity index (χ3n) is 14.4. The van der Waals surface area contributed by atoms with Crippen molar-refractivity contribution in [3.05, 3.63) is 65.9 Å². The van der Waals surface area contributed by atoms with Gasteiger partial charge in [-0.3, -0.25) is 9.59 Å². The molecule has 3 aromatic carbocycles. The molecule has 0 spiro atoms. The fraction of sp³-hybridized carbons (Fsp3) is 0.500. The number of likely N-dealkylation sites (tertiary alicyclic amines) is 2. The summed E-state index contributed by atoms with van der Waals surface area (Å²) in [6, 6.07) is 13.0. The van der Waals surface area contributed by atoms with Gasteiger partial charge in [-0.1, -0.05) is 38.5 Å². The van der Waals surface area contributed by atoms with Crippen LogP contribution in [0.25, 0.3) is 44.2 Å². The standard InChI is InChI=1S/C48H56N8O8/c1-25(2)40(53-47(59)61-3)46(58)56-36-8-5-7-29(36)21-38(56)44-50-34-13-11-27-20-33-31-12-10-28(19-30(31)24-64-39(33)22-32(27)42(34)52-44)35-23-49-43(51-35)37-9-6-16-55(37)45(57)41(54-48(60)62-4)26-14-17-63-18-15-26/h10-13,19-20,22-23,25-26,29,36-38,40-41H,5-9,14-18,21,24H2,1-4H3,(H,49,51)(H,50,52)(H,53,59)(H,54,60)/t29-,36-,37-,38-,40-,41?/m0/s1. The normalized spacial score (nSPS) is 22.8. The lowest BCUT2D eigenvalue weighted by atomic mass is 9.90. The summed E-state index contributed by atoms with van der Waals surface area (Å²) in [6.45, 7) is 5.95. The fourth-order valence-corrected chi connectivity index (χ4v) is 11.1. The van der Waals surface area contributed by atoms with E-state index in [0.29, 0.717) is 50.9 Å². The first-order chi connectivity index (χ1) is 31.1. The molecule has 5 aliphatic rings. The Balaban J connectivity index is 0.899. The number of benzene rings is 3. The number of nitrogens with zero attached hydrogens (tertiary/aromatic N) is 4. The second-order valence-corrected chi connectivity index (χ2v) is 18.4. The van der Waals surface area contributed by atoms with E-state index in [4.69, 9.17) is 28.9 Å². The molecule has 16 heteroatoms. The molecule has 1 saturated carbocycles. The van der Waals surface area contributed by atoms with Gasteiger partial charge in [-0.25, -0.2) is 19.6 Å². The Bertz CT molecular complexity index is 2620. The number of hydrogen-bond acceptors (Lipinski definition) is 10. The van der Waals surface area contributed by atoms with E-state index in [2.05, 4.69) is 57.0 Å². The summed E-state index contributed by atoms with van der Waals surface area (Å²) in [5.74, 6) is 2.26. The lowest BCUT2D eigenvalue weighted by Gasteiger charge is -2.34. The SMILES string of the molecule is COC(=O)NC(C(=O)N1CCC[C@H]1c1ncc(-c2ccc3c(c2)COc2cc4c(ccc5nc([C@@H]6C[C@@H]7CCC[C@@H]7N6C(=O)[C@@H](NC(=O)OC)C(C)C)[nH]c54)cc2-3)[nH]1)C1CCOCC1. The second-order valence-electron chi connectivity index (χ2n) is 18.4. The molecule has 1 unspecified atom stereocenters. The van der Waals surface area contributed by atoms with E-state index in [1.54, 1.807) is 0 Å². The van der Waals surface area contributed by atoms with Crippen LogP contribution in [0.4, 0.5) is 9.59 Å². The molecule has 4 fully saturated rings. The predicted molar refractivity (Wildman–Crippen MR) is 237 cm³/mol. The number of imidazole rings is 2. The van der Waals surface area contributed by atoms with E-state index in [-0.39, 0.29) is 41.8 Å². The lowest BCUT2D eigenvalue weighted by molar-refractivity contribution is -0.138. The molecule has 336 valence electrons. The van der Waals surface area contributed by atoms with Crippen molar-refractivity contribution in [3.63, 3.8) is 0 Å². The number of H-pyrrole nitrogens is 2. The van der Waals surface area contributed by atoms with Gasteiger partial charge < -0.3 is 49.3 Å². The Morgan fingerprint density at radius 1 is 0.844 bits per heavy atom. The van der Waals surface area contributed by atoms with Crippen LogP contribution in [0.1, 0.15) is 94.5 Å². The number of methoxy groups -OCH3 is 2. The monoisotopic (exact) mass is 872 g/mol. The average Bonchev–Trinajstić information content (AvgIpc) is 4.17. The largest absolute Gasteiger partial charge is 0.488 e. The number of aromatic amines is 2. The molecular formula is C48H56N8O8. The number of carbonyl (C=O) groups excluding carboxylic acids is 4. The van der Waals surface area contributed by atoms with Gasteiger partial charge in [0.1, 0.15) is 36.1 Å². The number of carbonyl (C=O) groups is 4. The van der Waals surface area contributed by atoms with Gasteiger partial charge in [0.15, 0.2) is 0 Å². The zero-order valence-electron chi connectivity index (χ0n) is 36.8. The van der Waals surface area contributed by atoms with Gasteiger partial charge in [0.25, 0.3) is 0 Å². The summed E-state index contributed by atoms with van der Waals surface area (Å²) in [5.41, 5.74) is 6.67. The molecule has 1 aliphatic carbocycles. The molecule has 10 rings (SSSR count). The van der Waals surface area contributed by atoms with E-state index >= 15 is 0 Å². The minimum Gasteiger partial charge on any atom is -0.488 e. The van der Waals surface area contributed by atoms with E-state index < -0.39 is 24.3 Å². The first-order valence-corrected chi connectivity index (χ1v) is 22.8. The Hall–Kier alpha value is -6.16. The van der Waals surface area contributed by atoms with E-state index in [9.17, 15) is 19.2 Å². The number of aromatic nitrogens is 4. The Labute approximate surface area is 371 Å². The van der Waals surface area contributed by atoms with Gasteiger partial charge >= 0.3 is 12.2 Å². The molecule has 5 aromatic rings. The van der Waals surface area contributed by atoms with Crippen molar-refractivity contribution in [1.82, 2.24) is 40.4 Å². The van der Waals surface area contributed by atoms with Gasteiger partial charge in [0.2, 0.25) is 11.8 Å². The summed E-state index contributed by atoms with van der Waals surface area (Å²) < 4.78 is 21.8. The van der Waals surface area contributed by atoms with Crippen molar-refractivity contribution in [2.24, 2.45) is 17.8 Å². The molecule has 0 bridgehead atoms. The zero-order valence-corrected chi connectivity index (χ0v) is 36.8. The highest BCUT2D eigenvalue weighted by Crippen LogP contribution is 2.49. The first-order valence-electron chi connectivity index (χ1n) is 22.8. The number of hydrogen-bond donors (Lipinski definition) is 4. The van der Waals surface area contributed by atoms with Crippen LogP contribution in [-0.4, -0.2) is 106 Å². The minimum absolute atomic E-state index is 0.0387. The van der Waals surface area contributed by atoms with Crippen LogP contribution in [-0.2, 0) is 30.4 Å². The molecule has 64 heavy (non-hydrogen) atoms. The predicted octanol–water partition coefficient (Wildman–Crippen LogP) is 7.30. The lowest BCUT2D eigenvalue weighted by Crippen LogP contribution is -2.53. The van der Waals surface area contributed by atoms with Gasteiger partial charge in [0.05, 0.1) is 49.2 Å². The maximum Gasteiger partial charge on any atom is 0.407 e. The Morgan fingerprint density at radius 3 is 2.45 bits per heavy atom. The molecule has 6 atom stereocenters. The maximum atomic E-state index is 14.3. The van der Waals surface area contributed by atoms with Gasteiger partial charge in [0, 0.05) is 36.8 Å². The van der Waals surface area contributed by atoms with Crippen LogP contribution in [0.15, 0.2) is 48.7 Å². The minimum atomic E-state index is -0.709. The molecule has 3 saturated heterocycles. The summed E-state index contributed by atoms with van der Waals surface area (Å²) in [4.78, 5) is 74.0. The number of alkyl carbamates (subject to hydrolysis) is 2. The number of nitrogens with one attached hydrogen (secondary N) is 4. The maximum absolute atomic E-state index is 14.3. The molecular weight excluding hydrogens is 817 g/mol. The molecule has 4 N–H and O–H groups in total. The van der Waals surface area contributed by atoms with Crippen molar-refractivity contribution in [3.8, 4) is 28.1 Å². The van der Waals surface area contributed by atoms with Gasteiger partial charge in [-0.05, 0) is 109 Å². The fourth-order valence-electron chi connectivity index (χ4n) is 11.1. The van der Waals surface area contributed by atoms with Crippen molar-refractivity contribution in [1.29, 1.82) is 0 Å². The number of amides is 4. The van der Waals surface area contributed by atoms with Crippen LogP contribution in [0.5, 0.6) is 5.75 Å². The van der Waals surface area contributed by atoms with Crippen LogP contribution in [0.2, 0.25) is 0 Å². The Kier molecular flexibility index (Phi) is 11.2. The van der Waals surface area contributed by atoms with Crippen LogP contribution in [0, 0.1) is 17.8 Å². The summed E-state index contributed by atoms with van der Waals surface area (Å²) in [6.07, 6.45) is 7.47. The van der Waals surface area contributed by atoms with Crippen molar-refractivity contribution in [2.45, 2.75) is 102 Å². The Morgan fingerprint density at radius 2 is 1.66 bits per heavy atom. The molecule has 16 nitrogen and oxygen atoms in total. The smallest absolute Gasteiger partial charge is 0.407 e. The molecule has 6 heterocycles. The van der Waals surface area contributed by atoms with Crippen molar-refractivity contribution in [2.75, 3.05) is 34.0 Å². The summed E-state index contributed by atoms with van der Waals surface area (Å²) in [5, 5.41) is 7.65. The van der Waals surface area contributed by atoms with Crippen LogP contribution >= 0.6 is 0 Å². The molecule has 2 aromatic heterocycles. The number of ether oxygens (including phenoxy) is 4. The van der Waals surface area contributed by atoms with E-state index in [1.165, 1.54) is 14.2 Å². The highest BCUT2D eigenvalue weighted by molar-refractivity contribution is 6.07. The average molecular weight is 873 g/mol. The van der Waals surface area contributed by atoms with Crippen molar-refractivity contribution < 1.29 is 38.1 Å². The van der Waals surface area contributed by atoms with Crippen molar-refractivity contribution >= 4 is 45.8 Å². The zero-order chi connectivity index (χ0) is 44.2. The van der Waals surface area contributed by atoms with E-state index in [0.717, 1.165) is 99.9 Å². The van der Waals surface area contributed by atoms with Gasteiger partial charge in [-0.15, -0.1) is 0 Å². The molecule has 4 aliphatic heterocycles. The number of rotatable bonds is 9.